The first-order valence-corrected chi connectivity index (χ1v) is 7.22. The quantitative estimate of drug-likeness (QED) is 0.920. The Morgan fingerprint density at radius 3 is 2.60 bits per heavy atom. The van der Waals surface area contributed by atoms with E-state index in [1.165, 1.54) is 0 Å². The normalized spacial score (nSPS) is 18.2. The van der Waals surface area contributed by atoms with E-state index in [9.17, 15) is 0 Å². The van der Waals surface area contributed by atoms with Gasteiger partial charge in [0.25, 0.3) is 0 Å². The first-order valence-electron chi connectivity index (χ1n) is 6.42. The molecule has 0 radical (unpaired) electrons. The molecule has 0 spiro atoms. The van der Waals surface area contributed by atoms with Crippen LogP contribution in [0.1, 0.15) is 17.3 Å². The average Bonchev–Trinajstić information content (AvgIpc) is 2.83. The molecule has 20 heavy (non-hydrogen) atoms. The highest BCUT2D eigenvalue weighted by atomic mass is 79.9. The van der Waals surface area contributed by atoms with Crippen molar-refractivity contribution in [1.29, 1.82) is 0 Å². The van der Waals surface area contributed by atoms with Crippen LogP contribution < -0.4 is 10.6 Å². The van der Waals surface area contributed by atoms with E-state index in [2.05, 4.69) is 36.9 Å². The van der Waals surface area contributed by atoms with Crippen molar-refractivity contribution < 1.29 is 0 Å². The van der Waals surface area contributed by atoms with Gasteiger partial charge < -0.3 is 10.6 Å². The van der Waals surface area contributed by atoms with Crippen LogP contribution in [0.15, 0.2) is 52.1 Å². The zero-order valence-corrected chi connectivity index (χ0v) is 12.7. The molecule has 0 amide bonds. The molecule has 5 heteroatoms. The number of pyridine rings is 1. The first kappa shape index (κ1) is 13.1. The van der Waals surface area contributed by atoms with Gasteiger partial charge in [-0.1, -0.05) is 22.0 Å². The second kappa shape index (κ2) is 5.25. The predicted octanol–water partition coefficient (Wildman–Crippen LogP) is 3.03. The Morgan fingerprint density at radius 2 is 1.95 bits per heavy atom. The van der Waals surface area contributed by atoms with E-state index < -0.39 is 0 Å². The van der Waals surface area contributed by atoms with Gasteiger partial charge in [0.05, 0.1) is 12.6 Å². The zero-order chi connectivity index (χ0) is 14.1. The molecule has 0 fully saturated rings. The lowest BCUT2D eigenvalue weighted by atomic mass is 10.1. The number of nitrogens with two attached hydrogens (primary N) is 1. The lowest BCUT2D eigenvalue weighted by Gasteiger charge is -2.26. The van der Waals surface area contributed by atoms with Gasteiger partial charge in [-0.05, 0) is 42.8 Å². The van der Waals surface area contributed by atoms with Gasteiger partial charge in [0.1, 0.15) is 0 Å². The molecule has 2 heterocycles. The van der Waals surface area contributed by atoms with Gasteiger partial charge in [0, 0.05) is 22.1 Å². The van der Waals surface area contributed by atoms with Crippen LogP contribution in [0.4, 0.5) is 5.69 Å². The molecule has 4 nitrogen and oxygen atoms in total. The minimum atomic E-state index is 0.115. The summed E-state index contributed by atoms with van der Waals surface area (Å²) in [5, 5.41) is 0. The van der Waals surface area contributed by atoms with E-state index >= 15 is 0 Å². The third kappa shape index (κ3) is 2.41. The Hall–Kier alpha value is -1.88. The summed E-state index contributed by atoms with van der Waals surface area (Å²) >= 11 is 3.45. The average molecular weight is 331 g/mol. The Kier molecular flexibility index (Phi) is 3.44. The smallest absolute Gasteiger partial charge is 0.196 e. The van der Waals surface area contributed by atoms with Gasteiger partial charge >= 0.3 is 0 Å². The summed E-state index contributed by atoms with van der Waals surface area (Å²) < 4.78 is 1.05. The number of aromatic nitrogens is 1. The lowest BCUT2D eigenvalue weighted by molar-refractivity contribution is 0.763. The molecule has 1 atom stereocenters. The van der Waals surface area contributed by atoms with Gasteiger partial charge in [-0.25, -0.2) is 0 Å². The number of rotatable bonds is 2. The fourth-order valence-electron chi connectivity index (χ4n) is 2.34. The molecule has 2 aromatic rings. The number of halogens is 1. The monoisotopic (exact) mass is 330 g/mol. The van der Waals surface area contributed by atoms with Crippen molar-refractivity contribution in [2.45, 2.75) is 13.0 Å². The van der Waals surface area contributed by atoms with Crippen molar-refractivity contribution in [3.8, 4) is 0 Å². The van der Waals surface area contributed by atoms with Crippen LogP contribution in [-0.4, -0.2) is 17.5 Å². The fourth-order valence-corrected chi connectivity index (χ4v) is 2.61. The number of aliphatic imine (C=N–C) groups is 1. The minimum Gasteiger partial charge on any atom is -0.369 e. The number of hydrogen-bond donors (Lipinski definition) is 1. The molecule has 102 valence electrons. The first-order chi connectivity index (χ1) is 9.65. The lowest BCUT2D eigenvalue weighted by Crippen LogP contribution is -2.36. The molecule has 0 aliphatic carbocycles. The maximum atomic E-state index is 6.05. The molecule has 0 saturated heterocycles. The molecule has 1 aliphatic rings. The summed E-state index contributed by atoms with van der Waals surface area (Å²) in [6.07, 6.45) is 1.90. The largest absolute Gasteiger partial charge is 0.369 e. The van der Waals surface area contributed by atoms with Crippen molar-refractivity contribution >= 4 is 27.6 Å². The van der Waals surface area contributed by atoms with Gasteiger partial charge in [0.15, 0.2) is 5.96 Å². The van der Waals surface area contributed by atoms with E-state index in [1.807, 2.05) is 43.5 Å². The summed E-state index contributed by atoms with van der Waals surface area (Å²) in [5.41, 5.74) is 9.23. The van der Waals surface area contributed by atoms with Crippen LogP contribution >= 0.6 is 15.9 Å². The Balaban J connectivity index is 1.96. The Morgan fingerprint density at radius 1 is 1.20 bits per heavy atom. The van der Waals surface area contributed by atoms with E-state index in [1.54, 1.807) is 0 Å². The topological polar surface area (TPSA) is 54.5 Å². The third-order valence-corrected chi connectivity index (χ3v) is 3.94. The third-order valence-electron chi connectivity index (χ3n) is 3.41. The molecule has 2 N–H and O–H groups in total. The summed E-state index contributed by atoms with van der Waals surface area (Å²) in [7, 11) is 0. The number of guanidine groups is 1. The van der Waals surface area contributed by atoms with Gasteiger partial charge in [-0.15, -0.1) is 0 Å². The predicted molar refractivity (Wildman–Crippen MR) is 84.8 cm³/mol. The number of anilines is 1. The summed E-state index contributed by atoms with van der Waals surface area (Å²) in [5.74, 6) is 0.554. The van der Waals surface area contributed by atoms with Crippen molar-refractivity contribution in [2.24, 2.45) is 10.7 Å². The van der Waals surface area contributed by atoms with Crippen LogP contribution in [0, 0.1) is 6.92 Å². The second-order valence-corrected chi connectivity index (χ2v) is 5.71. The van der Waals surface area contributed by atoms with E-state index in [-0.39, 0.29) is 6.04 Å². The van der Waals surface area contributed by atoms with Crippen molar-refractivity contribution in [3.05, 3.63) is 58.3 Å². The maximum Gasteiger partial charge on any atom is 0.196 e. The molecule has 3 rings (SSSR count). The summed E-state index contributed by atoms with van der Waals surface area (Å²) in [6, 6.07) is 12.3. The molecule has 0 bridgehead atoms. The highest BCUT2D eigenvalue weighted by molar-refractivity contribution is 9.10. The van der Waals surface area contributed by atoms with Crippen molar-refractivity contribution in [1.82, 2.24) is 4.98 Å². The van der Waals surface area contributed by atoms with Gasteiger partial charge in [0.2, 0.25) is 0 Å². The van der Waals surface area contributed by atoms with E-state index in [0.717, 1.165) is 21.4 Å². The molecule has 1 aromatic heterocycles. The Labute approximate surface area is 126 Å². The van der Waals surface area contributed by atoms with Crippen LogP contribution in [0.3, 0.4) is 0 Å². The van der Waals surface area contributed by atoms with Crippen LogP contribution in [0.2, 0.25) is 0 Å². The second-order valence-electron chi connectivity index (χ2n) is 4.79. The highest BCUT2D eigenvalue weighted by Crippen LogP contribution is 2.31. The van der Waals surface area contributed by atoms with Crippen LogP contribution in [0.25, 0.3) is 0 Å². The van der Waals surface area contributed by atoms with E-state index in [0.29, 0.717) is 12.5 Å². The summed E-state index contributed by atoms with van der Waals surface area (Å²) in [6.45, 7) is 2.64. The van der Waals surface area contributed by atoms with Crippen molar-refractivity contribution in [2.75, 3.05) is 11.4 Å². The SMILES string of the molecule is Cc1ccc(C2CN=C(N)N2c2ccc(Br)cc2)cn1. The molecule has 1 unspecified atom stereocenters. The Bertz CT molecular complexity index is 634. The fraction of sp³-hybridized carbons (Fsp3) is 0.200. The number of aryl methyl sites for hydroxylation is 1. The number of hydrogen-bond acceptors (Lipinski definition) is 4. The molecule has 0 saturated carbocycles. The molecular formula is C15H15BrN4. The van der Waals surface area contributed by atoms with E-state index in [4.69, 9.17) is 5.73 Å². The number of benzene rings is 1. The summed E-state index contributed by atoms with van der Waals surface area (Å²) in [4.78, 5) is 10.8. The van der Waals surface area contributed by atoms with Gasteiger partial charge in [-0.2, -0.15) is 0 Å². The van der Waals surface area contributed by atoms with Gasteiger partial charge in [-0.3, -0.25) is 9.98 Å². The van der Waals surface area contributed by atoms with Crippen LogP contribution in [-0.2, 0) is 0 Å². The molecule has 1 aromatic carbocycles. The minimum absolute atomic E-state index is 0.115. The highest BCUT2D eigenvalue weighted by Gasteiger charge is 2.28. The molecular weight excluding hydrogens is 316 g/mol. The maximum absolute atomic E-state index is 6.05. The zero-order valence-electron chi connectivity index (χ0n) is 11.1. The molecule has 1 aliphatic heterocycles. The number of nitrogens with zero attached hydrogens (tertiary/aromatic N) is 3. The van der Waals surface area contributed by atoms with Crippen molar-refractivity contribution in [3.63, 3.8) is 0 Å². The van der Waals surface area contributed by atoms with Crippen LogP contribution in [0.5, 0.6) is 0 Å². The standard InChI is InChI=1S/C15H15BrN4/c1-10-2-3-11(8-18-10)14-9-19-15(17)20(14)13-6-4-12(16)5-7-13/h2-8,14H,9H2,1H3,(H2,17,19).